The Labute approximate surface area is 126 Å². The van der Waals surface area contributed by atoms with E-state index in [-0.39, 0.29) is 0 Å². The van der Waals surface area contributed by atoms with Crippen molar-refractivity contribution in [3.8, 4) is 0 Å². The van der Waals surface area contributed by atoms with Gasteiger partial charge in [0.2, 0.25) is 0 Å². The molecule has 1 aromatic rings. The molecule has 2 aliphatic rings. The lowest BCUT2D eigenvalue weighted by molar-refractivity contribution is 0.0506. The van der Waals surface area contributed by atoms with Gasteiger partial charge in [-0.3, -0.25) is 14.8 Å². The first-order chi connectivity index (χ1) is 10.3. The topological polar surface area (TPSA) is 37.8 Å². The standard InChI is InChI=1S/C16H25N3O2/c1-20-8-6-18-7-9-21-16-13-19(11-14(16)10-18)12-15-4-2-3-5-17-15/h2-5,14,16H,6-13H2,1H3/t14-,16+/m0/s1. The maximum atomic E-state index is 6.06. The van der Waals surface area contributed by atoms with Crippen molar-refractivity contribution in [3.05, 3.63) is 30.1 Å². The third-order valence-corrected chi connectivity index (χ3v) is 4.41. The summed E-state index contributed by atoms with van der Waals surface area (Å²) in [5, 5.41) is 0. The monoisotopic (exact) mass is 291 g/mol. The third-order valence-electron chi connectivity index (χ3n) is 4.41. The molecule has 2 aliphatic heterocycles. The predicted molar refractivity (Wildman–Crippen MR) is 81.1 cm³/mol. The van der Waals surface area contributed by atoms with Crippen LogP contribution in [0.2, 0.25) is 0 Å². The SMILES string of the molecule is COCCN1CCO[C@@H]2CN(Cc3ccccn3)C[C@@H]2C1. The number of hydrogen-bond acceptors (Lipinski definition) is 5. The smallest absolute Gasteiger partial charge is 0.0755 e. The van der Waals surface area contributed by atoms with Gasteiger partial charge in [0.1, 0.15) is 0 Å². The van der Waals surface area contributed by atoms with Crippen molar-refractivity contribution < 1.29 is 9.47 Å². The molecule has 116 valence electrons. The van der Waals surface area contributed by atoms with E-state index >= 15 is 0 Å². The van der Waals surface area contributed by atoms with Gasteiger partial charge in [-0.25, -0.2) is 0 Å². The lowest BCUT2D eigenvalue weighted by Gasteiger charge is -2.22. The Bertz CT molecular complexity index is 427. The molecule has 0 bridgehead atoms. The quantitative estimate of drug-likeness (QED) is 0.804. The molecule has 5 nitrogen and oxygen atoms in total. The molecule has 0 aliphatic carbocycles. The summed E-state index contributed by atoms with van der Waals surface area (Å²) in [4.78, 5) is 9.36. The number of pyridine rings is 1. The maximum Gasteiger partial charge on any atom is 0.0755 e. The zero-order chi connectivity index (χ0) is 14.5. The van der Waals surface area contributed by atoms with Crippen molar-refractivity contribution in [2.75, 3.05) is 53.0 Å². The summed E-state index contributed by atoms with van der Waals surface area (Å²) in [5.41, 5.74) is 1.14. The highest BCUT2D eigenvalue weighted by atomic mass is 16.5. The van der Waals surface area contributed by atoms with Crippen LogP contribution in [0.5, 0.6) is 0 Å². The number of nitrogens with zero attached hydrogens (tertiary/aromatic N) is 3. The van der Waals surface area contributed by atoms with E-state index in [4.69, 9.17) is 9.47 Å². The normalized spacial score (nSPS) is 27.5. The van der Waals surface area contributed by atoms with Crippen molar-refractivity contribution in [1.29, 1.82) is 0 Å². The maximum absolute atomic E-state index is 6.06. The average molecular weight is 291 g/mol. The largest absolute Gasteiger partial charge is 0.383 e. The van der Waals surface area contributed by atoms with Crippen LogP contribution in [-0.2, 0) is 16.0 Å². The first kappa shape index (κ1) is 14.9. The molecule has 21 heavy (non-hydrogen) atoms. The lowest BCUT2D eigenvalue weighted by atomic mass is 10.1. The fourth-order valence-electron chi connectivity index (χ4n) is 3.32. The van der Waals surface area contributed by atoms with E-state index < -0.39 is 0 Å². The molecule has 1 aromatic heterocycles. The Morgan fingerprint density at radius 1 is 1.29 bits per heavy atom. The number of rotatable bonds is 5. The van der Waals surface area contributed by atoms with Crippen LogP contribution in [-0.4, -0.2) is 73.9 Å². The fraction of sp³-hybridized carbons (Fsp3) is 0.688. The Morgan fingerprint density at radius 3 is 3.00 bits per heavy atom. The van der Waals surface area contributed by atoms with E-state index in [9.17, 15) is 0 Å². The first-order valence-electron chi connectivity index (χ1n) is 7.80. The van der Waals surface area contributed by atoms with Gasteiger partial charge in [-0.2, -0.15) is 0 Å². The van der Waals surface area contributed by atoms with Crippen molar-refractivity contribution in [2.24, 2.45) is 5.92 Å². The molecule has 0 amide bonds. The molecular weight excluding hydrogens is 266 g/mol. The number of aromatic nitrogens is 1. The van der Waals surface area contributed by atoms with Gasteiger partial charge in [0.25, 0.3) is 0 Å². The molecule has 2 fully saturated rings. The highest BCUT2D eigenvalue weighted by molar-refractivity contribution is 5.04. The minimum Gasteiger partial charge on any atom is -0.383 e. The van der Waals surface area contributed by atoms with Crippen LogP contribution >= 0.6 is 0 Å². The van der Waals surface area contributed by atoms with Gasteiger partial charge in [0.05, 0.1) is 25.0 Å². The molecule has 0 aromatic carbocycles. The summed E-state index contributed by atoms with van der Waals surface area (Å²) < 4.78 is 11.3. The summed E-state index contributed by atoms with van der Waals surface area (Å²) in [5.74, 6) is 0.605. The van der Waals surface area contributed by atoms with Crippen LogP contribution in [0.25, 0.3) is 0 Å². The number of methoxy groups -OCH3 is 1. The van der Waals surface area contributed by atoms with Crippen LogP contribution < -0.4 is 0 Å². The summed E-state index contributed by atoms with van der Waals surface area (Å²) in [6.45, 7) is 7.84. The second-order valence-electron chi connectivity index (χ2n) is 5.98. The third kappa shape index (κ3) is 4.01. The average Bonchev–Trinajstić information content (AvgIpc) is 2.77. The summed E-state index contributed by atoms with van der Waals surface area (Å²) >= 11 is 0. The molecule has 2 saturated heterocycles. The summed E-state index contributed by atoms with van der Waals surface area (Å²) in [6.07, 6.45) is 2.24. The Kier molecular flexibility index (Phi) is 5.19. The summed E-state index contributed by atoms with van der Waals surface area (Å²) in [7, 11) is 1.77. The molecule has 2 atom stereocenters. The zero-order valence-corrected chi connectivity index (χ0v) is 12.8. The minimum atomic E-state index is 0.376. The van der Waals surface area contributed by atoms with Crippen LogP contribution in [0.3, 0.4) is 0 Å². The van der Waals surface area contributed by atoms with E-state index in [0.717, 1.165) is 58.2 Å². The number of fused-ring (bicyclic) bond motifs is 1. The van der Waals surface area contributed by atoms with E-state index in [1.807, 2.05) is 12.3 Å². The summed E-state index contributed by atoms with van der Waals surface area (Å²) in [6, 6.07) is 6.12. The van der Waals surface area contributed by atoms with E-state index in [0.29, 0.717) is 12.0 Å². The number of likely N-dealkylation sites (tertiary alicyclic amines) is 1. The zero-order valence-electron chi connectivity index (χ0n) is 12.8. The van der Waals surface area contributed by atoms with Crippen LogP contribution in [0.15, 0.2) is 24.4 Å². The first-order valence-corrected chi connectivity index (χ1v) is 7.80. The second-order valence-corrected chi connectivity index (χ2v) is 5.98. The lowest BCUT2D eigenvalue weighted by Crippen LogP contribution is -2.34. The minimum absolute atomic E-state index is 0.376. The highest BCUT2D eigenvalue weighted by Gasteiger charge is 2.36. The molecule has 0 unspecified atom stereocenters. The van der Waals surface area contributed by atoms with Gasteiger partial charge in [0, 0.05) is 58.5 Å². The highest BCUT2D eigenvalue weighted by Crippen LogP contribution is 2.24. The molecule has 0 N–H and O–H groups in total. The Morgan fingerprint density at radius 2 is 2.19 bits per heavy atom. The van der Waals surface area contributed by atoms with Gasteiger partial charge < -0.3 is 9.47 Å². The van der Waals surface area contributed by atoms with E-state index in [2.05, 4.69) is 26.9 Å². The van der Waals surface area contributed by atoms with E-state index in [1.165, 1.54) is 0 Å². The van der Waals surface area contributed by atoms with Crippen molar-refractivity contribution in [1.82, 2.24) is 14.8 Å². The molecule has 3 heterocycles. The van der Waals surface area contributed by atoms with E-state index in [1.54, 1.807) is 7.11 Å². The molecule has 0 radical (unpaired) electrons. The van der Waals surface area contributed by atoms with Gasteiger partial charge in [-0.15, -0.1) is 0 Å². The molecule has 5 heteroatoms. The van der Waals surface area contributed by atoms with Crippen molar-refractivity contribution in [3.63, 3.8) is 0 Å². The van der Waals surface area contributed by atoms with Gasteiger partial charge in [-0.05, 0) is 12.1 Å². The Hall–Kier alpha value is -1.01. The fourth-order valence-corrected chi connectivity index (χ4v) is 3.32. The molecule has 0 spiro atoms. The number of hydrogen-bond donors (Lipinski definition) is 0. The molecule has 3 rings (SSSR count). The van der Waals surface area contributed by atoms with Crippen molar-refractivity contribution >= 4 is 0 Å². The van der Waals surface area contributed by atoms with Crippen molar-refractivity contribution in [2.45, 2.75) is 12.6 Å². The van der Waals surface area contributed by atoms with Gasteiger partial charge in [-0.1, -0.05) is 6.07 Å². The predicted octanol–water partition coefficient (Wildman–Crippen LogP) is 0.861. The van der Waals surface area contributed by atoms with Crippen LogP contribution in [0.4, 0.5) is 0 Å². The molecular formula is C16H25N3O2. The number of ether oxygens (including phenoxy) is 2. The Balaban J connectivity index is 1.54. The van der Waals surface area contributed by atoms with Gasteiger partial charge >= 0.3 is 0 Å². The van der Waals surface area contributed by atoms with Gasteiger partial charge in [0.15, 0.2) is 0 Å². The molecule has 0 saturated carbocycles. The van der Waals surface area contributed by atoms with Crippen LogP contribution in [0.1, 0.15) is 5.69 Å². The van der Waals surface area contributed by atoms with Crippen LogP contribution in [0, 0.1) is 5.92 Å². The second kappa shape index (κ2) is 7.31.